The van der Waals surface area contributed by atoms with E-state index < -0.39 is 0 Å². The molecule has 3 aromatic heterocycles. The number of rotatable bonds is 5. The van der Waals surface area contributed by atoms with E-state index in [9.17, 15) is 0 Å². The van der Waals surface area contributed by atoms with Crippen molar-refractivity contribution in [3.8, 4) is 22.9 Å². The van der Waals surface area contributed by atoms with Crippen molar-refractivity contribution in [3.63, 3.8) is 0 Å². The average Bonchev–Trinajstić information content (AvgIpc) is 3.06. The maximum Gasteiger partial charge on any atom is 0.213 e. The number of benzene rings is 1. The van der Waals surface area contributed by atoms with Crippen LogP contribution in [0.2, 0.25) is 0 Å². The first kappa shape index (κ1) is 16.9. The highest BCUT2D eigenvalue weighted by atomic mass is 16.5. The van der Waals surface area contributed by atoms with Crippen molar-refractivity contribution in [1.29, 1.82) is 0 Å². The van der Waals surface area contributed by atoms with Crippen molar-refractivity contribution in [3.05, 3.63) is 60.9 Å². The molecule has 0 saturated carbocycles. The minimum Gasteiger partial charge on any atom is -0.496 e. The van der Waals surface area contributed by atoms with Crippen LogP contribution in [0.3, 0.4) is 0 Å². The molecule has 4 rings (SSSR count). The number of fused-ring (bicyclic) bond motifs is 1. The number of nitrogens with zero attached hydrogens (tertiary/aromatic N) is 3. The van der Waals surface area contributed by atoms with Crippen molar-refractivity contribution in [1.82, 2.24) is 14.5 Å². The summed E-state index contributed by atoms with van der Waals surface area (Å²) < 4.78 is 12.8. The lowest BCUT2D eigenvalue weighted by Crippen LogP contribution is -1.96. The van der Waals surface area contributed by atoms with E-state index in [0.717, 1.165) is 39.4 Å². The van der Waals surface area contributed by atoms with E-state index in [2.05, 4.69) is 32.0 Å². The standard InChI is InChI=1S/C21H20N4O2/c1-25-17-10-11-22-21(24-14-8-9-20(27-3)23-13-14)16(17)12-18(25)15-6-4-5-7-19(15)26-2/h4-13H,1-3H3,(H,22,24). The van der Waals surface area contributed by atoms with Crippen LogP contribution in [0, 0.1) is 0 Å². The van der Waals surface area contributed by atoms with E-state index in [4.69, 9.17) is 9.47 Å². The zero-order chi connectivity index (χ0) is 18.8. The fourth-order valence-corrected chi connectivity index (χ4v) is 3.19. The Labute approximate surface area is 157 Å². The van der Waals surface area contributed by atoms with Gasteiger partial charge in [0.05, 0.1) is 37.3 Å². The van der Waals surface area contributed by atoms with Gasteiger partial charge >= 0.3 is 0 Å². The first-order valence-corrected chi connectivity index (χ1v) is 8.56. The molecule has 0 fully saturated rings. The number of aryl methyl sites for hydroxylation is 1. The van der Waals surface area contributed by atoms with Crippen LogP contribution in [0.5, 0.6) is 11.6 Å². The number of aromatic nitrogens is 3. The van der Waals surface area contributed by atoms with Gasteiger partial charge in [0.1, 0.15) is 11.6 Å². The minimum atomic E-state index is 0.574. The Hall–Kier alpha value is -3.54. The van der Waals surface area contributed by atoms with Crippen LogP contribution < -0.4 is 14.8 Å². The van der Waals surface area contributed by atoms with Gasteiger partial charge in [-0.1, -0.05) is 12.1 Å². The van der Waals surface area contributed by atoms with Crippen LogP contribution in [-0.2, 0) is 7.05 Å². The van der Waals surface area contributed by atoms with Crippen LogP contribution in [0.15, 0.2) is 60.9 Å². The number of methoxy groups -OCH3 is 2. The van der Waals surface area contributed by atoms with E-state index in [0.29, 0.717) is 5.88 Å². The van der Waals surface area contributed by atoms with Crippen LogP contribution in [0.4, 0.5) is 11.5 Å². The van der Waals surface area contributed by atoms with E-state index in [-0.39, 0.29) is 0 Å². The predicted molar refractivity (Wildman–Crippen MR) is 107 cm³/mol. The molecule has 3 heterocycles. The smallest absolute Gasteiger partial charge is 0.213 e. The molecule has 0 radical (unpaired) electrons. The Balaban J connectivity index is 1.79. The second kappa shape index (κ2) is 6.99. The van der Waals surface area contributed by atoms with E-state index in [1.807, 2.05) is 43.4 Å². The van der Waals surface area contributed by atoms with Gasteiger partial charge in [0.2, 0.25) is 5.88 Å². The monoisotopic (exact) mass is 360 g/mol. The summed E-state index contributed by atoms with van der Waals surface area (Å²) in [6.07, 6.45) is 3.52. The quantitative estimate of drug-likeness (QED) is 0.572. The third-order valence-corrected chi connectivity index (χ3v) is 4.56. The first-order valence-electron chi connectivity index (χ1n) is 8.56. The summed E-state index contributed by atoms with van der Waals surface area (Å²) in [5, 5.41) is 4.37. The molecule has 4 aromatic rings. The molecule has 136 valence electrons. The summed E-state index contributed by atoms with van der Waals surface area (Å²) in [4.78, 5) is 8.75. The molecule has 0 aliphatic carbocycles. The molecule has 0 amide bonds. The number of nitrogens with one attached hydrogen (secondary N) is 1. The van der Waals surface area contributed by atoms with Gasteiger partial charge < -0.3 is 19.4 Å². The molecule has 0 spiro atoms. The largest absolute Gasteiger partial charge is 0.496 e. The Morgan fingerprint density at radius 3 is 2.56 bits per heavy atom. The van der Waals surface area contributed by atoms with Crippen molar-refractivity contribution >= 4 is 22.4 Å². The van der Waals surface area contributed by atoms with Gasteiger partial charge in [-0.3, -0.25) is 0 Å². The van der Waals surface area contributed by atoms with Gasteiger partial charge in [-0.2, -0.15) is 0 Å². The average molecular weight is 360 g/mol. The Bertz CT molecular complexity index is 1090. The molecule has 0 bridgehead atoms. The van der Waals surface area contributed by atoms with Crippen LogP contribution in [-0.4, -0.2) is 28.8 Å². The number of hydrogen-bond acceptors (Lipinski definition) is 5. The molecule has 0 unspecified atom stereocenters. The Morgan fingerprint density at radius 2 is 1.81 bits per heavy atom. The molecule has 6 nitrogen and oxygen atoms in total. The van der Waals surface area contributed by atoms with E-state index in [1.54, 1.807) is 26.6 Å². The molecule has 27 heavy (non-hydrogen) atoms. The Kier molecular flexibility index (Phi) is 4.38. The summed E-state index contributed by atoms with van der Waals surface area (Å²) >= 11 is 0. The number of ether oxygens (including phenoxy) is 2. The van der Waals surface area contributed by atoms with Crippen molar-refractivity contribution in [2.75, 3.05) is 19.5 Å². The van der Waals surface area contributed by atoms with Gasteiger partial charge in [0, 0.05) is 30.3 Å². The summed E-state index contributed by atoms with van der Waals surface area (Å²) in [6, 6.07) is 15.9. The topological polar surface area (TPSA) is 61.2 Å². The predicted octanol–water partition coefficient (Wildman–Crippen LogP) is 4.40. The van der Waals surface area contributed by atoms with E-state index in [1.165, 1.54) is 0 Å². The number of pyridine rings is 2. The minimum absolute atomic E-state index is 0.574. The molecule has 1 aromatic carbocycles. The molecule has 6 heteroatoms. The summed E-state index contributed by atoms with van der Waals surface area (Å²) in [7, 11) is 5.33. The van der Waals surface area contributed by atoms with Gasteiger partial charge in [0.15, 0.2) is 0 Å². The van der Waals surface area contributed by atoms with Crippen LogP contribution in [0.25, 0.3) is 22.2 Å². The molecular formula is C21H20N4O2. The van der Waals surface area contributed by atoms with Gasteiger partial charge in [-0.05, 0) is 30.3 Å². The molecule has 0 aliphatic heterocycles. The second-order valence-electron chi connectivity index (χ2n) is 6.10. The first-order chi connectivity index (χ1) is 13.2. The lowest BCUT2D eigenvalue weighted by Gasteiger charge is -2.09. The highest BCUT2D eigenvalue weighted by Crippen LogP contribution is 2.35. The second-order valence-corrected chi connectivity index (χ2v) is 6.10. The van der Waals surface area contributed by atoms with Crippen molar-refractivity contribution in [2.24, 2.45) is 7.05 Å². The van der Waals surface area contributed by atoms with Gasteiger partial charge in [-0.25, -0.2) is 9.97 Å². The zero-order valence-corrected chi connectivity index (χ0v) is 15.4. The van der Waals surface area contributed by atoms with Crippen LogP contribution in [0.1, 0.15) is 0 Å². The number of hydrogen-bond donors (Lipinski definition) is 1. The maximum absolute atomic E-state index is 5.53. The molecule has 0 saturated heterocycles. The van der Waals surface area contributed by atoms with Gasteiger partial charge in [-0.15, -0.1) is 0 Å². The lowest BCUT2D eigenvalue weighted by molar-refractivity contribution is 0.398. The highest BCUT2D eigenvalue weighted by molar-refractivity contribution is 5.96. The SMILES string of the molecule is COc1ccc(Nc2nccc3c2cc(-c2ccccc2OC)n3C)cn1. The number of anilines is 2. The zero-order valence-electron chi connectivity index (χ0n) is 15.4. The highest BCUT2D eigenvalue weighted by Gasteiger charge is 2.14. The van der Waals surface area contributed by atoms with Crippen molar-refractivity contribution in [2.45, 2.75) is 0 Å². The fourth-order valence-electron chi connectivity index (χ4n) is 3.19. The maximum atomic E-state index is 5.53. The molecule has 1 N–H and O–H groups in total. The van der Waals surface area contributed by atoms with Crippen LogP contribution >= 0.6 is 0 Å². The third-order valence-electron chi connectivity index (χ3n) is 4.56. The third kappa shape index (κ3) is 3.06. The molecular weight excluding hydrogens is 340 g/mol. The van der Waals surface area contributed by atoms with Crippen molar-refractivity contribution < 1.29 is 9.47 Å². The van der Waals surface area contributed by atoms with E-state index >= 15 is 0 Å². The normalized spacial score (nSPS) is 10.8. The Morgan fingerprint density at radius 1 is 0.963 bits per heavy atom. The number of para-hydroxylation sites is 1. The molecule has 0 aliphatic rings. The summed E-state index contributed by atoms with van der Waals surface area (Å²) in [5.74, 6) is 2.19. The summed E-state index contributed by atoms with van der Waals surface area (Å²) in [6.45, 7) is 0. The fraction of sp³-hybridized carbons (Fsp3) is 0.143. The molecule has 0 atom stereocenters. The van der Waals surface area contributed by atoms with Gasteiger partial charge in [0.25, 0.3) is 0 Å². The lowest BCUT2D eigenvalue weighted by atomic mass is 10.1. The summed E-state index contributed by atoms with van der Waals surface area (Å²) in [5.41, 5.74) is 4.02.